The second kappa shape index (κ2) is 7.94. The molecule has 0 saturated heterocycles. The summed E-state index contributed by atoms with van der Waals surface area (Å²) in [7, 11) is 0. The molecule has 1 amide bonds. The van der Waals surface area contributed by atoms with Gasteiger partial charge in [-0.05, 0) is 33.1 Å². The molecular weight excluding hydrogens is 316 g/mol. The van der Waals surface area contributed by atoms with Crippen LogP contribution < -0.4 is 5.32 Å². The first-order chi connectivity index (χ1) is 11.0. The Morgan fingerprint density at radius 3 is 2.46 bits per heavy atom. The Labute approximate surface area is 140 Å². The highest BCUT2D eigenvalue weighted by Crippen LogP contribution is 2.22. The Bertz CT molecular complexity index is 600. The predicted octanol–water partition coefficient (Wildman–Crippen LogP) is 2.94. The van der Waals surface area contributed by atoms with Gasteiger partial charge in [0.15, 0.2) is 0 Å². The molecule has 0 fully saturated rings. The molecular formula is C16H24N2O6. The molecule has 24 heavy (non-hydrogen) atoms. The highest BCUT2D eigenvalue weighted by atomic mass is 16.6. The molecule has 1 heterocycles. The number of nitrogens with one attached hydrogen (secondary N) is 1. The summed E-state index contributed by atoms with van der Waals surface area (Å²) in [5, 5.41) is 15.1. The van der Waals surface area contributed by atoms with Crippen LogP contribution in [0, 0.1) is 5.92 Å². The lowest BCUT2D eigenvalue weighted by atomic mass is 10.0. The van der Waals surface area contributed by atoms with Gasteiger partial charge in [-0.3, -0.25) is 9.59 Å². The summed E-state index contributed by atoms with van der Waals surface area (Å²) in [5.74, 6) is -1.84. The van der Waals surface area contributed by atoms with Gasteiger partial charge < -0.3 is 19.7 Å². The number of nitrogens with zero attached hydrogens (tertiary/aromatic N) is 1. The van der Waals surface area contributed by atoms with Crippen LogP contribution in [0.15, 0.2) is 10.6 Å². The Morgan fingerprint density at radius 2 is 1.96 bits per heavy atom. The first-order valence-corrected chi connectivity index (χ1v) is 7.69. The van der Waals surface area contributed by atoms with Gasteiger partial charge in [-0.15, -0.1) is 0 Å². The second-order valence-electron chi connectivity index (χ2n) is 6.94. The molecule has 1 aromatic heterocycles. The van der Waals surface area contributed by atoms with E-state index in [9.17, 15) is 14.4 Å². The lowest BCUT2D eigenvalue weighted by Gasteiger charge is -2.23. The summed E-state index contributed by atoms with van der Waals surface area (Å²) in [4.78, 5) is 34.3. The molecule has 134 valence electrons. The third-order valence-corrected chi connectivity index (χ3v) is 2.87. The van der Waals surface area contributed by atoms with Crippen molar-refractivity contribution < 1.29 is 28.8 Å². The quantitative estimate of drug-likeness (QED) is 0.578. The Balaban J connectivity index is 2.89. The Kier molecular flexibility index (Phi) is 6.51. The van der Waals surface area contributed by atoms with Gasteiger partial charge in [-0.25, -0.2) is 4.79 Å². The number of hydrogen-bond donors (Lipinski definition) is 2. The SMILES string of the molecule is CC(C)CC(NC(=O)OC(C)(C)C)c1cc(C(=O)CC(=O)O)on1. The van der Waals surface area contributed by atoms with Crippen LogP contribution in [0.2, 0.25) is 0 Å². The van der Waals surface area contributed by atoms with Crippen molar-refractivity contribution in [2.24, 2.45) is 5.92 Å². The van der Waals surface area contributed by atoms with Crippen LogP contribution in [-0.2, 0) is 9.53 Å². The van der Waals surface area contributed by atoms with Gasteiger partial charge in [0, 0.05) is 6.07 Å². The zero-order valence-corrected chi connectivity index (χ0v) is 14.6. The predicted molar refractivity (Wildman–Crippen MR) is 84.7 cm³/mol. The molecule has 0 aliphatic heterocycles. The van der Waals surface area contributed by atoms with Crippen molar-refractivity contribution in [2.45, 2.75) is 59.1 Å². The van der Waals surface area contributed by atoms with Crippen molar-refractivity contribution in [1.82, 2.24) is 10.5 Å². The first kappa shape index (κ1) is 19.7. The maximum absolute atomic E-state index is 12.0. The molecule has 1 atom stereocenters. The van der Waals surface area contributed by atoms with Crippen LogP contribution in [0.1, 0.15) is 69.8 Å². The van der Waals surface area contributed by atoms with E-state index in [-0.39, 0.29) is 11.7 Å². The van der Waals surface area contributed by atoms with E-state index in [1.165, 1.54) is 6.07 Å². The minimum Gasteiger partial charge on any atom is -0.481 e. The minimum atomic E-state index is -1.25. The maximum Gasteiger partial charge on any atom is 0.408 e. The molecule has 8 heteroatoms. The monoisotopic (exact) mass is 340 g/mol. The highest BCUT2D eigenvalue weighted by Gasteiger charge is 2.25. The number of carbonyl (C=O) groups is 3. The molecule has 0 aromatic carbocycles. The third kappa shape index (κ3) is 6.80. The van der Waals surface area contributed by atoms with Crippen molar-refractivity contribution in [3.8, 4) is 0 Å². The first-order valence-electron chi connectivity index (χ1n) is 7.69. The van der Waals surface area contributed by atoms with Gasteiger partial charge in [0.25, 0.3) is 0 Å². The van der Waals surface area contributed by atoms with Crippen LogP contribution in [0.25, 0.3) is 0 Å². The summed E-state index contributed by atoms with van der Waals surface area (Å²) < 4.78 is 10.1. The van der Waals surface area contributed by atoms with E-state index in [4.69, 9.17) is 14.4 Å². The van der Waals surface area contributed by atoms with Crippen molar-refractivity contribution in [3.05, 3.63) is 17.5 Å². The fourth-order valence-electron chi connectivity index (χ4n) is 1.98. The molecule has 8 nitrogen and oxygen atoms in total. The topological polar surface area (TPSA) is 119 Å². The number of carbonyl (C=O) groups excluding carboxylic acids is 2. The number of amides is 1. The van der Waals surface area contributed by atoms with Gasteiger partial charge in [0.1, 0.15) is 17.7 Å². The van der Waals surface area contributed by atoms with E-state index in [1.54, 1.807) is 20.8 Å². The molecule has 1 unspecified atom stereocenters. The van der Waals surface area contributed by atoms with E-state index < -0.39 is 35.9 Å². The number of alkyl carbamates (subject to hydrolysis) is 1. The summed E-state index contributed by atoms with van der Waals surface area (Å²) in [6.45, 7) is 9.20. The Hall–Kier alpha value is -2.38. The fourth-order valence-corrected chi connectivity index (χ4v) is 1.98. The number of carboxylic acids is 1. The molecule has 0 aliphatic carbocycles. The number of rotatable bonds is 7. The second-order valence-corrected chi connectivity index (χ2v) is 6.94. The molecule has 1 rings (SSSR count). The van der Waals surface area contributed by atoms with Gasteiger partial charge >= 0.3 is 12.1 Å². The molecule has 0 radical (unpaired) electrons. The third-order valence-electron chi connectivity index (χ3n) is 2.87. The Morgan fingerprint density at radius 1 is 1.33 bits per heavy atom. The highest BCUT2D eigenvalue weighted by molar-refractivity contribution is 6.03. The minimum absolute atomic E-state index is 0.146. The van der Waals surface area contributed by atoms with E-state index in [1.807, 2.05) is 13.8 Å². The lowest BCUT2D eigenvalue weighted by Crippen LogP contribution is -2.35. The van der Waals surface area contributed by atoms with Crippen molar-refractivity contribution in [3.63, 3.8) is 0 Å². The molecule has 0 bridgehead atoms. The van der Waals surface area contributed by atoms with Crippen molar-refractivity contribution in [2.75, 3.05) is 0 Å². The maximum atomic E-state index is 12.0. The van der Waals surface area contributed by atoms with Crippen LogP contribution in [0.3, 0.4) is 0 Å². The zero-order chi connectivity index (χ0) is 18.5. The smallest absolute Gasteiger partial charge is 0.408 e. The molecule has 1 aromatic rings. The fraction of sp³-hybridized carbons (Fsp3) is 0.625. The standard InChI is InChI=1S/C16H24N2O6/c1-9(2)6-10(17-15(22)23-16(3,4)5)11-7-13(24-18-11)12(19)8-14(20)21/h7,9-10H,6,8H2,1-5H3,(H,17,22)(H,20,21). The van der Waals surface area contributed by atoms with Gasteiger partial charge in [-0.1, -0.05) is 19.0 Å². The summed E-state index contributed by atoms with van der Waals surface area (Å²) in [5.41, 5.74) is -0.290. The number of ether oxygens (including phenoxy) is 1. The average Bonchev–Trinajstić information content (AvgIpc) is 2.83. The van der Waals surface area contributed by atoms with E-state index in [2.05, 4.69) is 10.5 Å². The lowest BCUT2D eigenvalue weighted by molar-refractivity contribution is -0.135. The molecule has 0 saturated carbocycles. The number of Topliss-reactive ketones (excluding diaryl/α,β-unsaturated/α-hetero) is 1. The number of ketones is 1. The summed E-state index contributed by atoms with van der Waals surface area (Å²) >= 11 is 0. The molecule has 2 N–H and O–H groups in total. The van der Waals surface area contributed by atoms with Gasteiger partial charge in [-0.2, -0.15) is 0 Å². The van der Waals surface area contributed by atoms with Crippen LogP contribution in [0.4, 0.5) is 4.79 Å². The van der Waals surface area contributed by atoms with Crippen molar-refractivity contribution >= 4 is 17.8 Å². The number of aliphatic carboxylic acids is 1. The number of aromatic nitrogens is 1. The van der Waals surface area contributed by atoms with E-state index in [0.29, 0.717) is 12.1 Å². The number of hydrogen-bond acceptors (Lipinski definition) is 6. The number of carboxylic acid groups (broad SMARTS) is 1. The molecule has 0 spiro atoms. The van der Waals surface area contributed by atoms with E-state index in [0.717, 1.165) is 0 Å². The summed E-state index contributed by atoms with van der Waals surface area (Å²) in [6, 6.07) is 0.852. The normalized spacial score (nSPS) is 12.8. The zero-order valence-electron chi connectivity index (χ0n) is 14.6. The van der Waals surface area contributed by atoms with Crippen LogP contribution >= 0.6 is 0 Å². The van der Waals surface area contributed by atoms with Gasteiger partial charge in [0.2, 0.25) is 11.5 Å². The van der Waals surface area contributed by atoms with Crippen LogP contribution in [0.5, 0.6) is 0 Å². The van der Waals surface area contributed by atoms with Crippen LogP contribution in [-0.4, -0.2) is 33.7 Å². The van der Waals surface area contributed by atoms with Crippen molar-refractivity contribution in [1.29, 1.82) is 0 Å². The average molecular weight is 340 g/mol. The van der Waals surface area contributed by atoms with Gasteiger partial charge in [0.05, 0.1) is 6.04 Å². The summed E-state index contributed by atoms with van der Waals surface area (Å²) in [6.07, 6.45) is -0.726. The molecule has 0 aliphatic rings. The van der Waals surface area contributed by atoms with E-state index >= 15 is 0 Å². The largest absolute Gasteiger partial charge is 0.481 e.